The number of nitrogens with one attached hydrogen (secondary N) is 1. The molecule has 0 aromatic heterocycles. The van der Waals surface area contributed by atoms with E-state index in [4.69, 9.17) is 16.7 Å². The molecule has 0 bridgehead atoms. The van der Waals surface area contributed by atoms with Crippen molar-refractivity contribution >= 4 is 11.6 Å². The fourth-order valence-electron chi connectivity index (χ4n) is 1.18. The van der Waals surface area contributed by atoms with Crippen molar-refractivity contribution in [1.82, 2.24) is 5.32 Å². The first kappa shape index (κ1) is 11.2. The van der Waals surface area contributed by atoms with Crippen LogP contribution in [0, 0.1) is 0 Å². The van der Waals surface area contributed by atoms with E-state index < -0.39 is 0 Å². The average Bonchev–Trinajstić information content (AvgIpc) is 2.25. The normalized spacial score (nSPS) is 11.0. The van der Waals surface area contributed by atoms with Gasteiger partial charge >= 0.3 is 0 Å². The number of halogens is 1. The maximum Gasteiger partial charge on any atom is 0.0681 e. The molecule has 2 nitrogen and oxygen atoms in total. The monoisotopic (exact) mass is 211 g/mol. The van der Waals surface area contributed by atoms with Gasteiger partial charge in [-0.2, -0.15) is 0 Å². The third kappa shape index (κ3) is 3.92. The van der Waals surface area contributed by atoms with Crippen molar-refractivity contribution in [1.29, 1.82) is 0 Å². The molecule has 0 radical (unpaired) electrons. The zero-order valence-electron chi connectivity index (χ0n) is 7.91. The van der Waals surface area contributed by atoms with Crippen LogP contribution in [0.5, 0.6) is 0 Å². The van der Waals surface area contributed by atoms with Crippen LogP contribution in [0.2, 0.25) is 0 Å². The first-order valence-electron chi connectivity index (χ1n) is 4.51. The van der Waals surface area contributed by atoms with E-state index in [-0.39, 0.29) is 6.61 Å². The third-order valence-electron chi connectivity index (χ3n) is 1.85. The lowest BCUT2D eigenvalue weighted by molar-refractivity contribution is 0.281. The highest BCUT2D eigenvalue weighted by Crippen LogP contribution is 2.04. The van der Waals surface area contributed by atoms with Crippen LogP contribution in [0.3, 0.4) is 0 Å². The molecule has 0 saturated heterocycles. The molecule has 0 atom stereocenters. The van der Waals surface area contributed by atoms with E-state index in [0.717, 1.165) is 18.7 Å². The van der Waals surface area contributed by atoms with Gasteiger partial charge < -0.3 is 10.4 Å². The Bertz CT molecular complexity index is 299. The summed E-state index contributed by atoms with van der Waals surface area (Å²) in [5, 5.41) is 12.1. The zero-order chi connectivity index (χ0) is 10.2. The lowest BCUT2D eigenvalue weighted by atomic mass is 10.1. The SMILES string of the molecule is OCc1cccc(CNC/C=C/Cl)c1. The predicted molar refractivity (Wildman–Crippen MR) is 59.1 cm³/mol. The molecule has 0 fully saturated rings. The Morgan fingerprint density at radius 2 is 2.14 bits per heavy atom. The van der Waals surface area contributed by atoms with Crippen molar-refractivity contribution in [3.8, 4) is 0 Å². The molecule has 1 rings (SSSR count). The van der Waals surface area contributed by atoms with E-state index in [1.54, 1.807) is 0 Å². The summed E-state index contributed by atoms with van der Waals surface area (Å²) in [7, 11) is 0. The molecule has 1 aromatic rings. The van der Waals surface area contributed by atoms with Crippen molar-refractivity contribution in [2.75, 3.05) is 6.54 Å². The van der Waals surface area contributed by atoms with Crippen molar-refractivity contribution in [2.24, 2.45) is 0 Å². The molecule has 3 heteroatoms. The number of benzene rings is 1. The van der Waals surface area contributed by atoms with Crippen LogP contribution in [-0.2, 0) is 13.2 Å². The van der Waals surface area contributed by atoms with Gasteiger partial charge in [-0.15, -0.1) is 0 Å². The minimum atomic E-state index is 0.0927. The Balaban J connectivity index is 2.42. The topological polar surface area (TPSA) is 32.3 Å². The largest absolute Gasteiger partial charge is 0.392 e. The lowest BCUT2D eigenvalue weighted by Gasteiger charge is -2.03. The number of rotatable bonds is 5. The minimum Gasteiger partial charge on any atom is -0.392 e. The van der Waals surface area contributed by atoms with Crippen LogP contribution in [-0.4, -0.2) is 11.7 Å². The van der Waals surface area contributed by atoms with E-state index in [2.05, 4.69) is 5.32 Å². The van der Waals surface area contributed by atoms with Crippen molar-refractivity contribution < 1.29 is 5.11 Å². The van der Waals surface area contributed by atoms with Gasteiger partial charge in [-0.3, -0.25) is 0 Å². The first-order chi connectivity index (χ1) is 6.86. The summed E-state index contributed by atoms with van der Waals surface area (Å²) in [4.78, 5) is 0. The molecule has 0 aliphatic heterocycles. The molecule has 0 amide bonds. The number of hydrogen-bond donors (Lipinski definition) is 2. The molecule has 0 heterocycles. The highest BCUT2D eigenvalue weighted by Gasteiger charge is 1.93. The fraction of sp³-hybridized carbons (Fsp3) is 0.273. The minimum absolute atomic E-state index is 0.0927. The van der Waals surface area contributed by atoms with Crippen LogP contribution in [0.4, 0.5) is 0 Å². The Morgan fingerprint density at radius 3 is 2.86 bits per heavy atom. The number of hydrogen-bond acceptors (Lipinski definition) is 2. The van der Waals surface area contributed by atoms with E-state index in [9.17, 15) is 0 Å². The Morgan fingerprint density at radius 1 is 1.36 bits per heavy atom. The van der Waals surface area contributed by atoms with Crippen LogP contribution < -0.4 is 5.32 Å². The maximum absolute atomic E-state index is 8.92. The van der Waals surface area contributed by atoms with Gasteiger partial charge in [0.25, 0.3) is 0 Å². The van der Waals surface area contributed by atoms with Gasteiger partial charge in [0.2, 0.25) is 0 Å². The second-order valence-electron chi connectivity index (χ2n) is 2.97. The van der Waals surface area contributed by atoms with Crippen LogP contribution in [0.1, 0.15) is 11.1 Å². The van der Waals surface area contributed by atoms with Gasteiger partial charge in [-0.25, -0.2) is 0 Å². The van der Waals surface area contributed by atoms with Gasteiger partial charge in [0.15, 0.2) is 0 Å². The van der Waals surface area contributed by atoms with Crippen LogP contribution in [0.15, 0.2) is 35.9 Å². The van der Waals surface area contributed by atoms with E-state index in [0.29, 0.717) is 0 Å². The summed E-state index contributed by atoms with van der Waals surface area (Å²) in [6, 6.07) is 7.86. The first-order valence-corrected chi connectivity index (χ1v) is 4.95. The molecule has 0 aliphatic rings. The quantitative estimate of drug-likeness (QED) is 0.731. The summed E-state index contributed by atoms with van der Waals surface area (Å²) in [6.07, 6.45) is 1.84. The Kier molecular flexibility index (Phi) is 5.30. The lowest BCUT2D eigenvalue weighted by Crippen LogP contribution is -2.12. The molecule has 0 aliphatic carbocycles. The predicted octanol–water partition coefficient (Wildman–Crippen LogP) is 2.02. The zero-order valence-corrected chi connectivity index (χ0v) is 8.67. The molecule has 0 spiro atoms. The summed E-state index contributed by atoms with van der Waals surface area (Å²) >= 11 is 5.38. The van der Waals surface area contributed by atoms with Gasteiger partial charge in [-0.1, -0.05) is 41.9 Å². The summed E-state index contributed by atoms with van der Waals surface area (Å²) in [5.41, 5.74) is 3.61. The molecular weight excluding hydrogens is 198 g/mol. The molecule has 2 N–H and O–H groups in total. The van der Waals surface area contributed by atoms with Gasteiger partial charge in [0.05, 0.1) is 6.61 Å². The van der Waals surface area contributed by atoms with E-state index in [1.165, 1.54) is 11.1 Å². The molecular formula is C11H14ClNO. The highest BCUT2D eigenvalue weighted by atomic mass is 35.5. The van der Waals surface area contributed by atoms with Gasteiger partial charge in [0.1, 0.15) is 0 Å². The van der Waals surface area contributed by atoms with Crippen molar-refractivity contribution in [3.05, 3.63) is 47.0 Å². The number of aliphatic hydroxyl groups excluding tert-OH is 1. The van der Waals surface area contributed by atoms with Crippen LogP contribution >= 0.6 is 11.6 Å². The molecule has 1 aromatic carbocycles. The van der Waals surface area contributed by atoms with Crippen molar-refractivity contribution in [2.45, 2.75) is 13.2 Å². The van der Waals surface area contributed by atoms with E-state index in [1.807, 2.05) is 30.3 Å². The summed E-state index contributed by atoms with van der Waals surface area (Å²) in [6.45, 7) is 1.64. The number of aliphatic hydroxyl groups is 1. The summed E-state index contributed by atoms with van der Waals surface area (Å²) in [5.74, 6) is 0. The fourth-order valence-corrected chi connectivity index (χ4v) is 1.27. The van der Waals surface area contributed by atoms with E-state index >= 15 is 0 Å². The molecule has 76 valence electrons. The Labute approximate surface area is 89.2 Å². The highest BCUT2D eigenvalue weighted by molar-refractivity contribution is 6.25. The standard InChI is InChI=1S/C11H14ClNO/c12-5-2-6-13-8-10-3-1-4-11(7-10)9-14/h1-5,7,13-14H,6,8-9H2/b5-2+. The van der Waals surface area contributed by atoms with Gasteiger partial charge in [-0.05, 0) is 11.1 Å². The molecule has 14 heavy (non-hydrogen) atoms. The maximum atomic E-state index is 8.92. The smallest absolute Gasteiger partial charge is 0.0681 e. The molecule has 0 unspecified atom stereocenters. The third-order valence-corrected chi connectivity index (χ3v) is 2.03. The molecule has 0 saturated carbocycles. The second-order valence-corrected chi connectivity index (χ2v) is 3.22. The Hall–Kier alpha value is -0.830. The second kappa shape index (κ2) is 6.60. The average molecular weight is 212 g/mol. The summed E-state index contributed by atoms with van der Waals surface area (Å²) < 4.78 is 0. The van der Waals surface area contributed by atoms with Crippen LogP contribution in [0.25, 0.3) is 0 Å². The van der Waals surface area contributed by atoms with Gasteiger partial charge in [0, 0.05) is 18.6 Å². The van der Waals surface area contributed by atoms with Crippen molar-refractivity contribution in [3.63, 3.8) is 0 Å².